The Morgan fingerprint density at radius 3 is 2.05 bits per heavy atom. The van der Waals surface area contributed by atoms with Gasteiger partial charge in [0, 0.05) is 56.3 Å². The van der Waals surface area contributed by atoms with Gasteiger partial charge in [-0.15, -0.1) is 0 Å². The van der Waals surface area contributed by atoms with Crippen LogP contribution in [0.4, 0.5) is 11.4 Å². The van der Waals surface area contributed by atoms with Crippen molar-refractivity contribution in [1.82, 2.24) is 14.5 Å². The number of rotatable bonds is 6. The molecule has 0 amide bonds. The van der Waals surface area contributed by atoms with Crippen LogP contribution in [0.5, 0.6) is 0 Å². The summed E-state index contributed by atoms with van der Waals surface area (Å²) in [5, 5.41) is 2.53. The minimum atomic E-state index is 0.295. The van der Waals surface area contributed by atoms with Gasteiger partial charge in [-0.05, 0) is 108 Å². The van der Waals surface area contributed by atoms with Crippen LogP contribution in [-0.2, 0) is 0 Å². The maximum atomic E-state index is 4.99. The van der Waals surface area contributed by atoms with E-state index in [0.717, 1.165) is 40.3 Å². The Balaban J connectivity index is 0.935. The molecule has 0 radical (unpaired) electrons. The second-order valence-electron chi connectivity index (χ2n) is 15.0. The van der Waals surface area contributed by atoms with Gasteiger partial charge >= 0.3 is 0 Å². The van der Waals surface area contributed by atoms with E-state index in [1.165, 1.54) is 66.8 Å². The molecule has 0 fully saturated rings. The number of nitrogens with zero attached hydrogens (tertiary/aromatic N) is 4. The van der Waals surface area contributed by atoms with E-state index < -0.39 is 0 Å². The summed E-state index contributed by atoms with van der Waals surface area (Å²) >= 11 is 0. The fraction of sp³-hybridized carbons (Fsp3) is 0.0566. The van der Waals surface area contributed by atoms with E-state index in [2.05, 4.69) is 185 Å². The Bertz CT molecular complexity index is 3050. The Kier molecular flexibility index (Phi) is 7.82. The second-order valence-corrected chi connectivity index (χ2v) is 15.0. The van der Waals surface area contributed by atoms with Gasteiger partial charge in [-0.25, -0.2) is 9.97 Å². The first-order chi connectivity index (χ1) is 28.2. The maximum absolute atomic E-state index is 4.99. The largest absolute Gasteiger partial charge is 0.313 e. The first-order valence-corrected chi connectivity index (χ1v) is 19.7. The van der Waals surface area contributed by atoms with Gasteiger partial charge in [0.25, 0.3) is 0 Å². The van der Waals surface area contributed by atoms with E-state index in [4.69, 9.17) is 9.97 Å². The predicted octanol–water partition coefficient (Wildman–Crippen LogP) is 13.6. The number of para-hydroxylation sites is 2. The third-order valence-corrected chi connectivity index (χ3v) is 11.6. The lowest BCUT2D eigenvalue weighted by atomic mass is 9.90. The van der Waals surface area contributed by atoms with Crippen LogP contribution in [0.25, 0.3) is 72.4 Å². The minimum absolute atomic E-state index is 0.295. The van der Waals surface area contributed by atoms with Gasteiger partial charge in [-0.1, -0.05) is 127 Å². The van der Waals surface area contributed by atoms with Crippen LogP contribution in [-0.4, -0.2) is 14.5 Å². The number of hydrogen-bond acceptors (Lipinski definition) is 3. The number of aryl methyl sites for hydroxylation is 1. The Morgan fingerprint density at radius 2 is 1.19 bits per heavy atom. The molecule has 3 heterocycles. The van der Waals surface area contributed by atoms with Gasteiger partial charge in [0.05, 0.1) is 16.7 Å². The Morgan fingerprint density at radius 1 is 0.509 bits per heavy atom. The zero-order chi connectivity index (χ0) is 37.9. The van der Waals surface area contributed by atoms with E-state index in [1.807, 2.05) is 25.1 Å². The number of benzene rings is 7. The molecule has 7 aromatic carbocycles. The van der Waals surface area contributed by atoms with Gasteiger partial charge in [0.1, 0.15) is 0 Å². The van der Waals surface area contributed by atoms with Crippen molar-refractivity contribution < 1.29 is 0 Å². The fourth-order valence-electron chi connectivity index (χ4n) is 8.88. The Hall–Kier alpha value is -7.30. The van der Waals surface area contributed by atoms with Crippen molar-refractivity contribution in [3.8, 4) is 50.6 Å². The summed E-state index contributed by atoms with van der Waals surface area (Å²) in [6, 6.07) is 63.3. The Labute approximate surface area is 332 Å². The molecule has 0 spiro atoms. The topological polar surface area (TPSA) is 34.0 Å². The van der Waals surface area contributed by atoms with Crippen LogP contribution in [0.2, 0.25) is 0 Å². The molecule has 1 aliphatic carbocycles. The molecule has 0 saturated heterocycles. The number of allylic oxidation sites excluding steroid dienone is 4. The van der Waals surface area contributed by atoms with Gasteiger partial charge in [0.15, 0.2) is 5.82 Å². The van der Waals surface area contributed by atoms with Crippen molar-refractivity contribution in [3.63, 3.8) is 0 Å². The highest BCUT2D eigenvalue weighted by atomic mass is 15.2. The molecule has 1 aliphatic heterocycles. The summed E-state index contributed by atoms with van der Waals surface area (Å²) in [6.07, 6.45) is 7.77. The molecule has 1 unspecified atom stereocenters. The molecule has 4 heteroatoms. The van der Waals surface area contributed by atoms with Crippen LogP contribution in [0.1, 0.15) is 23.6 Å². The van der Waals surface area contributed by atoms with Crippen molar-refractivity contribution >= 4 is 33.2 Å². The van der Waals surface area contributed by atoms with E-state index in [0.29, 0.717) is 5.92 Å². The molecule has 2 aromatic heterocycles. The predicted molar refractivity (Wildman–Crippen MR) is 236 cm³/mol. The zero-order valence-electron chi connectivity index (χ0n) is 31.5. The molecular formula is C53H38N4. The van der Waals surface area contributed by atoms with Crippen LogP contribution in [0, 0.1) is 6.92 Å². The minimum Gasteiger partial charge on any atom is -0.313 e. The van der Waals surface area contributed by atoms with E-state index in [-0.39, 0.29) is 0 Å². The highest BCUT2D eigenvalue weighted by Crippen LogP contribution is 2.51. The van der Waals surface area contributed by atoms with Crippen molar-refractivity contribution in [2.75, 3.05) is 4.90 Å². The van der Waals surface area contributed by atoms with Gasteiger partial charge in [-0.2, -0.15) is 0 Å². The van der Waals surface area contributed by atoms with E-state index >= 15 is 0 Å². The molecule has 57 heavy (non-hydrogen) atoms. The molecule has 270 valence electrons. The SMILES string of the molecule is Cc1cc(-c2ccccc2)nc(-c2cccc(-c3ccc4c(c3)C3CC=CC=C3N4c3ccc(-c4ccc5c6ccccc6n(-c6ccccc6)c5c4)cc3)c2)n1. The quantitative estimate of drug-likeness (QED) is 0.171. The number of hydrogen-bond donors (Lipinski definition) is 0. The molecule has 11 rings (SSSR count). The second kappa shape index (κ2) is 13.5. The highest BCUT2D eigenvalue weighted by molar-refractivity contribution is 6.10. The average Bonchev–Trinajstić information content (AvgIpc) is 3.79. The summed E-state index contributed by atoms with van der Waals surface area (Å²) in [5.41, 5.74) is 17.4. The summed E-state index contributed by atoms with van der Waals surface area (Å²) in [7, 11) is 0. The standard InChI is InChI=1S/C53H38N4/c1-35-31-48(37-13-4-2-5-14-37)55-53(54-35)41-16-12-15-38(32-41)39-26-30-51-47(33-39)45-20-9-11-22-50(45)56(51)43-27-23-36(24-28-43)40-25-29-46-44-19-8-10-21-49(44)57(52(46)34-40)42-17-6-3-7-18-42/h2-19,21-34,45H,20H2,1H3. The number of aromatic nitrogens is 3. The van der Waals surface area contributed by atoms with Crippen LogP contribution in [0.3, 0.4) is 0 Å². The summed E-state index contributed by atoms with van der Waals surface area (Å²) in [4.78, 5) is 12.3. The number of anilines is 2. The monoisotopic (exact) mass is 730 g/mol. The summed E-state index contributed by atoms with van der Waals surface area (Å²) in [6.45, 7) is 2.04. The first kappa shape index (κ1) is 33.1. The van der Waals surface area contributed by atoms with Crippen molar-refractivity contribution in [3.05, 3.63) is 211 Å². The molecule has 0 N–H and O–H groups in total. The molecule has 4 nitrogen and oxygen atoms in total. The fourth-order valence-corrected chi connectivity index (χ4v) is 8.88. The smallest absolute Gasteiger partial charge is 0.160 e. The molecule has 2 aliphatic rings. The van der Waals surface area contributed by atoms with Crippen LogP contribution in [0.15, 0.2) is 200 Å². The van der Waals surface area contributed by atoms with Crippen LogP contribution < -0.4 is 4.90 Å². The molecule has 0 bridgehead atoms. The summed E-state index contributed by atoms with van der Waals surface area (Å²) in [5.74, 6) is 1.04. The van der Waals surface area contributed by atoms with Crippen molar-refractivity contribution in [2.45, 2.75) is 19.3 Å². The van der Waals surface area contributed by atoms with Gasteiger partial charge in [0.2, 0.25) is 0 Å². The number of fused-ring (bicyclic) bond motifs is 6. The normalized spacial score (nSPS) is 14.5. The van der Waals surface area contributed by atoms with Crippen molar-refractivity contribution in [1.29, 1.82) is 0 Å². The van der Waals surface area contributed by atoms with Crippen LogP contribution >= 0.6 is 0 Å². The third kappa shape index (κ3) is 5.68. The van der Waals surface area contributed by atoms with E-state index in [9.17, 15) is 0 Å². The lowest BCUT2D eigenvalue weighted by molar-refractivity contribution is 0.820. The first-order valence-electron chi connectivity index (χ1n) is 19.7. The summed E-state index contributed by atoms with van der Waals surface area (Å²) < 4.78 is 2.38. The molecule has 9 aromatic rings. The molecular weight excluding hydrogens is 693 g/mol. The molecule has 1 atom stereocenters. The highest BCUT2D eigenvalue weighted by Gasteiger charge is 2.35. The zero-order valence-corrected chi connectivity index (χ0v) is 31.5. The average molecular weight is 731 g/mol. The van der Waals surface area contributed by atoms with E-state index in [1.54, 1.807) is 0 Å². The van der Waals surface area contributed by atoms with Gasteiger partial charge < -0.3 is 9.47 Å². The third-order valence-electron chi connectivity index (χ3n) is 11.6. The maximum Gasteiger partial charge on any atom is 0.160 e. The lowest BCUT2D eigenvalue weighted by Crippen LogP contribution is -2.14. The van der Waals surface area contributed by atoms with Crippen molar-refractivity contribution in [2.24, 2.45) is 0 Å². The van der Waals surface area contributed by atoms with Gasteiger partial charge in [-0.3, -0.25) is 0 Å². The molecule has 0 saturated carbocycles. The lowest BCUT2D eigenvalue weighted by Gasteiger charge is -2.24.